The molecule has 2 fully saturated rings. The number of allylic oxidation sites excluding steroid dienone is 2. The molecule has 0 bridgehead atoms. The summed E-state index contributed by atoms with van der Waals surface area (Å²) >= 11 is 0. The van der Waals surface area contributed by atoms with Crippen molar-refractivity contribution in [3.63, 3.8) is 0 Å². The minimum atomic E-state index is -4.32. The van der Waals surface area contributed by atoms with Crippen LogP contribution in [0.2, 0.25) is 0 Å². The average Bonchev–Trinajstić information content (AvgIpc) is 3.53. The largest absolute Gasteiger partial charge is 0.398 e. The van der Waals surface area contributed by atoms with Crippen molar-refractivity contribution in [2.24, 2.45) is 5.92 Å². The zero-order valence-corrected chi connectivity index (χ0v) is 21.0. The fraction of sp³-hybridized carbons (Fsp3) is 0.600. The van der Waals surface area contributed by atoms with Gasteiger partial charge in [0.2, 0.25) is 5.91 Å². The number of carbonyl (C=O) groups excluding carboxylic acids is 1. The topological polar surface area (TPSA) is 99.1 Å². The molecule has 0 spiro atoms. The first-order chi connectivity index (χ1) is 16.1. The van der Waals surface area contributed by atoms with E-state index in [1.807, 2.05) is 13.8 Å². The number of sulfone groups is 1. The Balaban J connectivity index is 1.55. The first kappa shape index (κ1) is 25.7. The van der Waals surface area contributed by atoms with Crippen LogP contribution >= 0.6 is 0 Å². The van der Waals surface area contributed by atoms with Crippen LogP contribution < -0.4 is 10.6 Å². The van der Waals surface area contributed by atoms with E-state index >= 15 is 0 Å². The Morgan fingerprint density at radius 1 is 1.20 bits per heavy atom. The number of nitrogens with one attached hydrogen (secondary N) is 3. The van der Waals surface area contributed by atoms with E-state index < -0.39 is 27.0 Å². The van der Waals surface area contributed by atoms with Crippen LogP contribution in [0.1, 0.15) is 64.0 Å². The fourth-order valence-electron chi connectivity index (χ4n) is 5.34. The second kappa shape index (κ2) is 8.64. The molecule has 0 aromatic heterocycles. The zero-order chi connectivity index (χ0) is 25.8. The van der Waals surface area contributed by atoms with Gasteiger partial charge in [-0.25, -0.2) is 8.42 Å². The maximum atomic E-state index is 13.6. The molecule has 1 unspecified atom stereocenters. The van der Waals surface area contributed by atoms with Gasteiger partial charge >= 0.3 is 6.18 Å². The first-order valence-corrected chi connectivity index (χ1v) is 13.7. The number of benzene rings is 1. The minimum Gasteiger partial charge on any atom is -0.386 e. The molecule has 1 aromatic rings. The van der Waals surface area contributed by atoms with Gasteiger partial charge in [0.1, 0.15) is 0 Å². The van der Waals surface area contributed by atoms with Gasteiger partial charge in [0.15, 0.2) is 9.84 Å². The third kappa shape index (κ3) is 5.13. The molecule has 1 amide bonds. The Hall–Kier alpha value is -2.36. The Bertz CT molecular complexity index is 1170. The summed E-state index contributed by atoms with van der Waals surface area (Å²) in [4.78, 5) is 12.9. The van der Waals surface area contributed by atoms with Gasteiger partial charge in [-0.1, -0.05) is 18.2 Å². The summed E-state index contributed by atoms with van der Waals surface area (Å²) in [5.41, 5.74) is -0.314. The van der Waals surface area contributed by atoms with Crippen LogP contribution in [0.4, 0.5) is 13.2 Å². The Morgan fingerprint density at radius 2 is 1.86 bits per heavy atom. The lowest BCUT2D eigenvalue weighted by Gasteiger charge is -2.40. The molecule has 4 rings (SSSR count). The molecule has 1 saturated carbocycles. The Labute approximate surface area is 204 Å². The summed E-state index contributed by atoms with van der Waals surface area (Å²) in [5.74, 6) is -0.730. The highest BCUT2D eigenvalue weighted by atomic mass is 32.2. The predicted octanol–water partition coefficient (Wildman–Crippen LogP) is 4.00. The molecular weight excluding hydrogens is 479 g/mol. The summed E-state index contributed by atoms with van der Waals surface area (Å²) in [6.07, 6.45) is -2.94. The highest BCUT2D eigenvalue weighted by Gasteiger charge is 2.64. The van der Waals surface area contributed by atoms with Gasteiger partial charge in [0, 0.05) is 23.2 Å². The molecule has 3 aliphatic rings. The molecule has 1 heterocycles. The van der Waals surface area contributed by atoms with Gasteiger partial charge in [0.05, 0.1) is 28.2 Å². The van der Waals surface area contributed by atoms with Gasteiger partial charge in [0.25, 0.3) is 0 Å². The van der Waals surface area contributed by atoms with E-state index in [2.05, 4.69) is 10.6 Å². The van der Waals surface area contributed by atoms with Crippen LogP contribution in [0.25, 0.3) is 0 Å². The maximum Gasteiger partial charge on any atom is 0.398 e. The maximum absolute atomic E-state index is 13.6. The van der Waals surface area contributed by atoms with Gasteiger partial charge in [-0.05, 0) is 70.1 Å². The van der Waals surface area contributed by atoms with E-state index in [4.69, 9.17) is 5.41 Å². The lowest BCUT2D eigenvalue weighted by molar-refractivity contribution is -0.160. The summed E-state index contributed by atoms with van der Waals surface area (Å²) in [6, 6.07) is 6.25. The summed E-state index contributed by atoms with van der Waals surface area (Å²) < 4.78 is 64.1. The monoisotopic (exact) mass is 511 g/mol. The minimum absolute atomic E-state index is 0.0372. The smallest absolute Gasteiger partial charge is 0.386 e. The zero-order valence-electron chi connectivity index (χ0n) is 20.2. The highest BCUT2D eigenvalue weighted by Crippen LogP contribution is 2.59. The number of halogens is 3. The third-order valence-electron chi connectivity index (χ3n) is 7.19. The Kier molecular flexibility index (Phi) is 6.35. The van der Waals surface area contributed by atoms with Crippen LogP contribution in [0.3, 0.4) is 0 Å². The van der Waals surface area contributed by atoms with Crippen molar-refractivity contribution in [3.05, 3.63) is 46.7 Å². The van der Waals surface area contributed by atoms with Crippen molar-refractivity contribution in [3.8, 4) is 0 Å². The highest BCUT2D eigenvalue weighted by molar-refractivity contribution is 7.93. The van der Waals surface area contributed by atoms with E-state index in [1.165, 1.54) is 12.1 Å². The van der Waals surface area contributed by atoms with Crippen molar-refractivity contribution in [2.75, 3.05) is 11.5 Å². The van der Waals surface area contributed by atoms with Crippen LogP contribution in [-0.4, -0.2) is 49.3 Å². The predicted molar refractivity (Wildman–Crippen MR) is 128 cm³/mol. The Morgan fingerprint density at radius 3 is 2.40 bits per heavy atom. The SMILES string of the molecule is CC(C)NC1=C(C(=N)c2cccc(C3(C(F)(F)F)CC3)c2)CCC(C(=O)NC2(C)CS(=O)(=O)C2)C1. The first-order valence-electron chi connectivity index (χ1n) is 11.9. The normalized spacial score (nSPS) is 24.5. The van der Waals surface area contributed by atoms with E-state index in [-0.39, 0.29) is 53.5 Å². The second-order valence-electron chi connectivity index (χ2n) is 10.8. The molecule has 1 aliphatic heterocycles. The van der Waals surface area contributed by atoms with Gasteiger partial charge in [-0.15, -0.1) is 0 Å². The van der Waals surface area contributed by atoms with Crippen molar-refractivity contribution in [1.29, 1.82) is 5.41 Å². The average molecular weight is 512 g/mol. The molecule has 2 aliphatic carbocycles. The number of alkyl halides is 3. The lowest BCUT2D eigenvalue weighted by Crippen LogP contribution is -2.64. The molecule has 3 N–H and O–H groups in total. The molecule has 0 radical (unpaired) electrons. The third-order valence-corrected chi connectivity index (χ3v) is 9.35. The molecule has 1 saturated heterocycles. The molecule has 10 heteroatoms. The molecule has 35 heavy (non-hydrogen) atoms. The van der Waals surface area contributed by atoms with Gasteiger partial charge < -0.3 is 10.6 Å². The molecule has 6 nitrogen and oxygen atoms in total. The summed E-state index contributed by atoms with van der Waals surface area (Å²) in [6.45, 7) is 5.61. The van der Waals surface area contributed by atoms with Crippen molar-refractivity contribution < 1.29 is 26.4 Å². The molecule has 1 atom stereocenters. The molecule has 1 aromatic carbocycles. The summed E-state index contributed by atoms with van der Waals surface area (Å²) in [7, 11) is -3.10. The summed E-state index contributed by atoms with van der Waals surface area (Å²) in [5, 5.41) is 15.0. The quantitative estimate of drug-likeness (QED) is 0.482. The number of carbonyl (C=O) groups is 1. The fourth-order valence-corrected chi connectivity index (χ4v) is 7.34. The van der Waals surface area contributed by atoms with Crippen LogP contribution in [-0.2, 0) is 20.0 Å². The van der Waals surface area contributed by atoms with Crippen molar-refractivity contribution in [1.82, 2.24) is 10.6 Å². The van der Waals surface area contributed by atoms with E-state index in [0.717, 1.165) is 5.70 Å². The van der Waals surface area contributed by atoms with E-state index in [9.17, 15) is 26.4 Å². The lowest BCUT2D eigenvalue weighted by atomic mass is 9.82. The number of hydrogen-bond acceptors (Lipinski definition) is 5. The second-order valence-corrected chi connectivity index (χ2v) is 12.9. The van der Waals surface area contributed by atoms with E-state index in [1.54, 1.807) is 19.1 Å². The van der Waals surface area contributed by atoms with Crippen LogP contribution in [0, 0.1) is 11.3 Å². The number of hydrogen-bond donors (Lipinski definition) is 3. The molecule has 192 valence electrons. The van der Waals surface area contributed by atoms with Crippen LogP contribution in [0.5, 0.6) is 0 Å². The van der Waals surface area contributed by atoms with Crippen molar-refractivity contribution in [2.45, 2.75) is 76.0 Å². The van der Waals surface area contributed by atoms with E-state index in [0.29, 0.717) is 30.4 Å². The number of rotatable bonds is 7. The van der Waals surface area contributed by atoms with Crippen molar-refractivity contribution >= 4 is 21.5 Å². The number of amides is 1. The standard InChI is InChI=1S/C25H32F3N3O3S/c1-15(2)30-20-12-17(22(32)31-23(3)13-35(33,34)14-23)7-8-19(20)21(29)16-5-4-6-18(11-16)24(9-10-24)25(26,27)28/h4-6,11,15,17,29-30H,7-10,12-14H2,1-3H3,(H,31,32). The van der Waals surface area contributed by atoms with Gasteiger partial charge in [-0.3, -0.25) is 10.2 Å². The van der Waals surface area contributed by atoms with Gasteiger partial charge in [-0.2, -0.15) is 13.2 Å². The molecular formula is C25H32F3N3O3S. The van der Waals surface area contributed by atoms with Crippen LogP contribution in [0.15, 0.2) is 35.5 Å².